The number of halogens is 1. The number of rotatable bonds is 7. The van der Waals surface area contributed by atoms with Crippen molar-refractivity contribution >= 4 is 47.0 Å². The van der Waals surface area contributed by atoms with Crippen LogP contribution in [-0.2, 0) is 6.42 Å². The molecule has 0 saturated carbocycles. The molecule has 2 aromatic heterocycles. The quantitative estimate of drug-likeness (QED) is 0.385. The zero-order valence-corrected chi connectivity index (χ0v) is 18.0. The molecule has 0 amide bonds. The summed E-state index contributed by atoms with van der Waals surface area (Å²) in [5.41, 5.74) is 3.43. The van der Waals surface area contributed by atoms with Crippen LogP contribution in [0.2, 0.25) is 0 Å². The Morgan fingerprint density at radius 2 is 1.60 bits per heavy atom. The van der Waals surface area contributed by atoms with Crippen molar-refractivity contribution in [1.82, 2.24) is 19.9 Å². The van der Waals surface area contributed by atoms with Gasteiger partial charge >= 0.3 is 0 Å². The van der Waals surface area contributed by atoms with Crippen molar-refractivity contribution in [3.8, 4) is 0 Å². The van der Waals surface area contributed by atoms with Crippen LogP contribution in [0.1, 0.15) is 30.5 Å². The van der Waals surface area contributed by atoms with Gasteiger partial charge in [0.15, 0.2) is 11.6 Å². The van der Waals surface area contributed by atoms with E-state index >= 15 is 0 Å². The predicted octanol–water partition coefficient (Wildman–Crippen LogP) is 2.82. The Bertz CT molecular complexity index is 1030. The Kier molecular flexibility index (Phi) is 6.73. The molecule has 160 valence electrons. The van der Waals surface area contributed by atoms with Crippen molar-refractivity contribution in [2.24, 2.45) is 0 Å². The number of benzene rings is 1. The second-order valence-electron chi connectivity index (χ2n) is 7.01. The van der Waals surface area contributed by atoms with E-state index in [4.69, 9.17) is 0 Å². The number of hydrogen-bond donors (Lipinski definition) is 5. The van der Waals surface area contributed by atoms with Crippen LogP contribution in [0, 0.1) is 0 Å². The maximum Gasteiger partial charge on any atom is 0.225 e. The molecule has 3 aromatic rings. The Balaban J connectivity index is 0.00000256. The monoisotopic (exact) mass is 430 g/mol. The average Bonchev–Trinajstić information content (AvgIpc) is 3.06. The largest absolute Gasteiger partial charge is 0.390 e. The molecule has 1 aromatic carbocycles. The van der Waals surface area contributed by atoms with E-state index in [0.29, 0.717) is 41.0 Å². The Labute approximate surface area is 181 Å². The lowest BCUT2D eigenvalue weighted by molar-refractivity contribution is 0.165. The van der Waals surface area contributed by atoms with Crippen LogP contribution in [-0.4, -0.2) is 51.8 Å². The molecule has 4 rings (SSSR count). The molecule has 0 bridgehead atoms. The number of hydrogen-bond acceptors (Lipinski definition) is 9. The van der Waals surface area contributed by atoms with Crippen LogP contribution in [0.5, 0.6) is 0 Å². The molecule has 2 heterocycles. The lowest BCUT2D eigenvalue weighted by atomic mass is 10.1. The highest BCUT2D eigenvalue weighted by atomic mass is 35.5. The van der Waals surface area contributed by atoms with Gasteiger partial charge in [-0.3, -0.25) is 0 Å². The normalized spacial score (nSPS) is 17.2. The van der Waals surface area contributed by atoms with Gasteiger partial charge in [0.25, 0.3) is 0 Å². The van der Waals surface area contributed by atoms with Gasteiger partial charge in [-0.2, -0.15) is 9.97 Å². The fourth-order valence-corrected chi connectivity index (χ4v) is 3.60. The highest BCUT2D eigenvalue weighted by Gasteiger charge is 2.32. The average molecular weight is 431 g/mol. The molecule has 5 N–H and O–H groups in total. The second kappa shape index (κ2) is 9.27. The van der Waals surface area contributed by atoms with Crippen LogP contribution in [0.25, 0.3) is 11.0 Å². The smallest absolute Gasteiger partial charge is 0.225 e. The molecule has 30 heavy (non-hydrogen) atoms. The van der Waals surface area contributed by atoms with Gasteiger partial charge in [-0.15, -0.1) is 12.4 Å². The summed E-state index contributed by atoms with van der Waals surface area (Å²) in [6, 6.07) is 7.79. The molecule has 0 unspecified atom stereocenters. The SMILES string of the molecule is CCCNc1nc(NC)nc2c(N[C@H]3c4ccccc4C[C@H]3O)nc(NC)nc12.Cl. The standard InChI is InChI=1S/C20H26N8O.ClH/c1-4-9-23-17-15-16(26-19(21-2)27-17)18(28-20(22-3)25-15)24-14-12-8-6-5-7-11(12)10-13(14)29;/h5-8,13-14,29H,4,9-10H2,1-3H3,(H2,21,23,26,27)(H2,22,24,25,28);1H/t13-,14+;/m1./s1. The number of nitrogens with zero attached hydrogens (tertiary/aromatic N) is 4. The van der Waals surface area contributed by atoms with E-state index in [-0.39, 0.29) is 18.4 Å². The Morgan fingerprint density at radius 1 is 0.967 bits per heavy atom. The van der Waals surface area contributed by atoms with E-state index in [1.807, 2.05) is 24.3 Å². The van der Waals surface area contributed by atoms with Crippen LogP contribution in [0.15, 0.2) is 24.3 Å². The van der Waals surface area contributed by atoms with Gasteiger partial charge in [-0.05, 0) is 17.5 Å². The van der Waals surface area contributed by atoms with Gasteiger partial charge in [0.2, 0.25) is 11.9 Å². The zero-order valence-electron chi connectivity index (χ0n) is 17.2. The number of fused-ring (bicyclic) bond motifs is 2. The summed E-state index contributed by atoms with van der Waals surface area (Å²) in [7, 11) is 3.55. The number of anilines is 4. The summed E-state index contributed by atoms with van der Waals surface area (Å²) >= 11 is 0. The third-order valence-electron chi connectivity index (χ3n) is 5.03. The summed E-state index contributed by atoms with van der Waals surface area (Å²) in [4.78, 5) is 18.3. The van der Waals surface area contributed by atoms with Gasteiger partial charge in [0.1, 0.15) is 11.0 Å². The van der Waals surface area contributed by atoms with Gasteiger partial charge in [-0.25, -0.2) is 9.97 Å². The number of aliphatic hydroxyl groups excluding tert-OH is 1. The lowest BCUT2D eigenvalue weighted by Crippen LogP contribution is -2.22. The summed E-state index contributed by atoms with van der Waals surface area (Å²) in [5.74, 6) is 2.14. The lowest BCUT2D eigenvalue weighted by Gasteiger charge is -2.20. The van der Waals surface area contributed by atoms with E-state index in [0.717, 1.165) is 24.1 Å². The zero-order chi connectivity index (χ0) is 20.4. The highest BCUT2D eigenvalue weighted by molar-refractivity contribution is 5.94. The van der Waals surface area contributed by atoms with Crippen LogP contribution in [0.4, 0.5) is 23.5 Å². The minimum absolute atomic E-state index is 0. The molecule has 10 heteroatoms. The molecule has 0 aliphatic heterocycles. The summed E-state index contributed by atoms with van der Waals surface area (Å²) in [6.07, 6.45) is 1.02. The van der Waals surface area contributed by atoms with E-state index < -0.39 is 6.10 Å². The molecule has 0 spiro atoms. The maximum absolute atomic E-state index is 10.7. The van der Waals surface area contributed by atoms with E-state index in [1.54, 1.807) is 14.1 Å². The van der Waals surface area contributed by atoms with Crippen molar-refractivity contribution in [3.63, 3.8) is 0 Å². The van der Waals surface area contributed by atoms with E-state index in [2.05, 4.69) is 48.1 Å². The first kappa shape index (κ1) is 21.8. The van der Waals surface area contributed by atoms with E-state index in [1.165, 1.54) is 0 Å². The van der Waals surface area contributed by atoms with Gasteiger partial charge in [0.05, 0.1) is 12.1 Å². The number of aliphatic hydroxyl groups is 1. The van der Waals surface area contributed by atoms with Gasteiger partial charge < -0.3 is 26.4 Å². The highest BCUT2D eigenvalue weighted by Crippen LogP contribution is 2.36. The van der Waals surface area contributed by atoms with Crippen molar-refractivity contribution in [2.45, 2.75) is 31.9 Å². The first-order chi connectivity index (χ1) is 14.1. The molecule has 0 radical (unpaired) electrons. The minimum Gasteiger partial charge on any atom is -0.390 e. The topological polar surface area (TPSA) is 120 Å². The van der Waals surface area contributed by atoms with E-state index in [9.17, 15) is 5.11 Å². The summed E-state index contributed by atoms with van der Waals surface area (Å²) in [6.45, 7) is 2.86. The number of aromatic nitrogens is 4. The molecule has 0 saturated heterocycles. The van der Waals surface area contributed by atoms with Crippen LogP contribution in [0.3, 0.4) is 0 Å². The minimum atomic E-state index is -0.543. The maximum atomic E-state index is 10.7. The van der Waals surface area contributed by atoms with Gasteiger partial charge in [0, 0.05) is 27.1 Å². The fourth-order valence-electron chi connectivity index (χ4n) is 3.60. The molecule has 9 nitrogen and oxygen atoms in total. The first-order valence-electron chi connectivity index (χ1n) is 9.86. The molecule has 2 atom stereocenters. The van der Waals surface area contributed by atoms with Crippen molar-refractivity contribution < 1.29 is 5.11 Å². The molecule has 1 aliphatic carbocycles. The second-order valence-corrected chi connectivity index (χ2v) is 7.01. The van der Waals surface area contributed by atoms with Crippen LogP contribution >= 0.6 is 12.4 Å². The fraction of sp³-hybridized carbons (Fsp3) is 0.400. The molecule has 0 fully saturated rings. The molecular formula is C20H27ClN8O. The Hall–Kier alpha value is -2.91. The third kappa shape index (κ3) is 4.03. The molecule has 1 aliphatic rings. The summed E-state index contributed by atoms with van der Waals surface area (Å²) in [5, 5.41) is 23.4. The third-order valence-corrected chi connectivity index (χ3v) is 5.03. The first-order valence-corrected chi connectivity index (χ1v) is 9.86. The Morgan fingerprint density at radius 3 is 2.27 bits per heavy atom. The predicted molar refractivity (Wildman–Crippen MR) is 123 cm³/mol. The summed E-state index contributed by atoms with van der Waals surface area (Å²) < 4.78 is 0. The van der Waals surface area contributed by atoms with Crippen molar-refractivity contribution in [2.75, 3.05) is 41.9 Å². The molecular weight excluding hydrogens is 404 g/mol. The van der Waals surface area contributed by atoms with Crippen molar-refractivity contribution in [1.29, 1.82) is 0 Å². The van der Waals surface area contributed by atoms with Crippen molar-refractivity contribution in [3.05, 3.63) is 35.4 Å². The van der Waals surface area contributed by atoms with Gasteiger partial charge in [-0.1, -0.05) is 31.2 Å². The van der Waals surface area contributed by atoms with Crippen LogP contribution < -0.4 is 21.3 Å². The number of nitrogens with one attached hydrogen (secondary N) is 4.